The minimum Gasteiger partial charge on any atom is -0.369 e. The van der Waals surface area contributed by atoms with Gasteiger partial charge >= 0.3 is 0 Å². The number of halogens is 3. The van der Waals surface area contributed by atoms with Crippen LogP contribution in [-0.4, -0.2) is 48.5 Å². The number of nitro benzene ring substituents is 1. The second-order valence-corrected chi connectivity index (χ2v) is 6.31. The van der Waals surface area contributed by atoms with Crippen molar-refractivity contribution in [1.29, 1.82) is 0 Å². The van der Waals surface area contributed by atoms with Gasteiger partial charge < -0.3 is 10.2 Å². The zero-order valence-electron chi connectivity index (χ0n) is 14.7. The van der Waals surface area contributed by atoms with E-state index in [1.165, 1.54) is 12.1 Å². The molecule has 1 saturated heterocycles. The second-order valence-electron chi connectivity index (χ2n) is 6.31. The van der Waals surface area contributed by atoms with Crippen LogP contribution in [0.25, 0.3) is 0 Å². The van der Waals surface area contributed by atoms with Crippen LogP contribution >= 0.6 is 0 Å². The number of rotatable bonds is 5. The van der Waals surface area contributed by atoms with Crippen LogP contribution in [-0.2, 0) is 4.79 Å². The summed E-state index contributed by atoms with van der Waals surface area (Å²) in [6.45, 7) is 2.27. The molecule has 1 heterocycles. The number of anilines is 2. The first kappa shape index (κ1) is 19.6. The van der Waals surface area contributed by atoms with Gasteiger partial charge in [0.05, 0.1) is 17.2 Å². The maximum absolute atomic E-state index is 13.6. The summed E-state index contributed by atoms with van der Waals surface area (Å²) in [5.74, 6) is -4.92. The lowest BCUT2D eigenvalue weighted by atomic mass is 10.2. The molecule has 1 aliphatic heterocycles. The summed E-state index contributed by atoms with van der Waals surface area (Å²) >= 11 is 0. The standard InChI is InChI=1S/C18H17F3N4O3/c19-14-5-6-15(18(21)17(14)20)22-16(26)11-23-7-9-24(10-8-23)12-1-3-13(4-2-12)25(27)28/h1-6H,7-11H2,(H,22,26). The van der Waals surface area contributed by atoms with Gasteiger partial charge in [-0.05, 0) is 24.3 Å². The smallest absolute Gasteiger partial charge is 0.269 e. The molecule has 28 heavy (non-hydrogen) atoms. The van der Waals surface area contributed by atoms with Crippen molar-refractivity contribution < 1.29 is 22.9 Å². The molecule has 1 amide bonds. The highest BCUT2D eigenvalue weighted by Gasteiger charge is 2.21. The molecule has 0 bridgehead atoms. The summed E-state index contributed by atoms with van der Waals surface area (Å²) < 4.78 is 39.8. The molecule has 2 aromatic carbocycles. The molecule has 1 aliphatic rings. The molecule has 0 aromatic heterocycles. The first-order chi connectivity index (χ1) is 13.3. The predicted octanol–water partition coefficient (Wildman–Crippen LogP) is 2.77. The Balaban J connectivity index is 1.52. The number of benzene rings is 2. The largest absolute Gasteiger partial charge is 0.369 e. The van der Waals surface area contributed by atoms with Gasteiger partial charge in [0, 0.05) is 44.0 Å². The zero-order chi connectivity index (χ0) is 20.3. The number of hydrogen-bond donors (Lipinski definition) is 1. The summed E-state index contributed by atoms with van der Waals surface area (Å²) in [4.78, 5) is 26.2. The molecule has 1 fully saturated rings. The Kier molecular flexibility index (Phi) is 5.78. The summed E-state index contributed by atoms with van der Waals surface area (Å²) in [5.41, 5.74) is 0.454. The Morgan fingerprint density at radius 3 is 2.25 bits per heavy atom. The van der Waals surface area contributed by atoms with Gasteiger partial charge in [-0.15, -0.1) is 0 Å². The molecule has 0 spiro atoms. The van der Waals surface area contributed by atoms with Crippen LogP contribution < -0.4 is 10.2 Å². The minimum atomic E-state index is -1.63. The van der Waals surface area contributed by atoms with E-state index in [0.29, 0.717) is 26.2 Å². The number of nitro groups is 1. The number of carbonyl (C=O) groups excluding carboxylic acids is 1. The van der Waals surface area contributed by atoms with E-state index >= 15 is 0 Å². The van der Waals surface area contributed by atoms with Crippen molar-refractivity contribution in [1.82, 2.24) is 4.90 Å². The van der Waals surface area contributed by atoms with E-state index in [-0.39, 0.29) is 12.2 Å². The van der Waals surface area contributed by atoms with E-state index in [4.69, 9.17) is 0 Å². The molecular formula is C18H17F3N4O3. The fraction of sp³-hybridized carbons (Fsp3) is 0.278. The fourth-order valence-corrected chi connectivity index (χ4v) is 2.96. The maximum atomic E-state index is 13.6. The van der Waals surface area contributed by atoms with Crippen LogP contribution in [0.3, 0.4) is 0 Å². The Hall–Kier alpha value is -3.14. The average Bonchev–Trinajstić information content (AvgIpc) is 2.69. The molecule has 0 atom stereocenters. The van der Waals surface area contributed by atoms with Crippen molar-refractivity contribution in [3.8, 4) is 0 Å². The van der Waals surface area contributed by atoms with Crippen molar-refractivity contribution in [2.45, 2.75) is 0 Å². The van der Waals surface area contributed by atoms with Crippen molar-refractivity contribution in [2.75, 3.05) is 42.9 Å². The molecule has 2 aromatic rings. The molecule has 148 valence electrons. The molecule has 0 radical (unpaired) electrons. The number of nitrogens with zero attached hydrogens (tertiary/aromatic N) is 3. The number of carbonyl (C=O) groups is 1. The van der Waals surface area contributed by atoms with Gasteiger partial charge in [0.1, 0.15) is 0 Å². The first-order valence-corrected chi connectivity index (χ1v) is 8.50. The van der Waals surface area contributed by atoms with Gasteiger partial charge in [-0.2, -0.15) is 0 Å². The molecule has 0 aliphatic carbocycles. The monoisotopic (exact) mass is 394 g/mol. The fourth-order valence-electron chi connectivity index (χ4n) is 2.96. The average molecular weight is 394 g/mol. The van der Waals surface area contributed by atoms with Crippen molar-refractivity contribution in [2.24, 2.45) is 0 Å². The van der Waals surface area contributed by atoms with E-state index in [9.17, 15) is 28.1 Å². The predicted molar refractivity (Wildman–Crippen MR) is 96.7 cm³/mol. The van der Waals surface area contributed by atoms with Crippen LogP contribution in [0.5, 0.6) is 0 Å². The maximum Gasteiger partial charge on any atom is 0.269 e. The number of hydrogen-bond acceptors (Lipinski definition) is 5. The molecule has 1 N–H and O–H groups in total. The normalized spacial score (nSPS) is 14.8. The van der Waals surface area contributed by atoms with Crippen molar-refractivity contribution in [3.05, 3.63) is 64.0 Å². The number of non-ortho nitro benzene ring substituents is 1. The minimum absolute atomic E-state index is 0.0171. The third-order valence-corrected chi connectivity index (χ3v) is 4.47. The highest BCUT2D eigenvalue weighted by Crippen LogP contribution is 2.21. The van der Waals surface area contributed by atoms with Gasteiger partial charge in [-0.1, -0.05) is 0 Å². The molecule has 10 heteroatoms. The van der Waals surface area contributed by atoms with Gasteiger partial charge in [-0.3, -0.25) is 19.8 Å². The third kappa shape index (κ3) is 4.39. The molecule has 7 nitrogen and oxygen atoms in total. The summed E-state index contributed by atoms with van der Waals surface area (Å²) in [7, 11) is 0. The lowest BCUT2D eigenvalue weighted by Gasteiger charge is -2.35. The van der Waals surface area contributed by atoms with Crippen molar-refractivity contribution in [3.63, 3.8) is 0 Å². The molecular weight excluding hydrogens is 377 g/mol. The quantitative estimate of drug-likeness (QED) is 0.479. The van der Waals surface area contributed by atoms with E-state index < -0.39 is 34.0 Å². The molecule has 0 saturated carbocycles. The third-order valence-electron chi connectivity index (χ3n) is 4.47. The molecule has 0 unspecified atom stereocenters. The van der Waals surface area contributed by atoms with Gasteiger partial charge in [0.15, 0.2) is 17.5 Å². The lowest BCUT2D eigenvalue weighted by molar-refractivity contribution is -0.384. The Bertz CT molecular complexity index is 884. The second kappa shape index (κ2) is 8.26. The Morgan fingerprint density at radius 1 is 1.00 bits per heavy atom. The van der Waals surface area contributed by atoms with E-state index in [1.807, 2.05) is 9.80 Å². The Labute approximate surface area is 158 Å². The molecule has 3 rings (SSSR count). The van der Waals surface area contributed by atoms with Gasteiger partial charge in [0.2, 0.25) is 5.91 Å². The number of nitrogens with one attached hydrogen (secondary N) is 1. The highest BCUT2D eigenvalue weighted by atomic mass is 19.2. The summed E-state index contributed by atoms with van der Waals surface area (Å²) in [6, 6.07) is 7.94. The Morgan fingerprint density at radius 2 is 1.64 bits per heavy atom. The zero-order valence-corrected chi connectivity index (χ0v) is 14.7. The highest BCUT2D eigenvalue weighted by molar-refractivity contribution is 5.92. The van der Waals surface area contributed by atoms with Crippen LogP contribution in [0.2, 0.25) is 0 Å². The SMILES string of the molecule is O=C(CN1CCN(c2ccc([N+](=O)[O-])cc2)CC1)Nc1ccc(F)c(F)c1F. The lowest BCUT2D eigenvalue weighted by Crippen LogP contribution is -2.48. The van der Waals surface area contributed by atoms with E-state index in [1.54, 1.807) is 12.1 Å². The van der Waals surface area contributed by atoms with Crippen LogP contribution in [0.1, 0.15) is 0 Å². The van der Waals surface area contributed by atoms with Crippen LogP contribution in [0.15, 0.2) is 36.4 Å². The van der Waals surface area contributed by atoms with Gasteiger partial charge in [-0.25, -0.2) is 13.2 Å². The first-order valence-electron chi connectivity index (χ1n) is 8.50. The summed E-state index contributed by atoms with van der Waals surface area (Å²) in [5, 5.41) is 13.0. The number of amides is 1. The number of piperazine rings is 1. The van der Waals surface area contributed by atoms with Crippen LogP contribution in [0, 0.1) is 27.6 Å². The van der Waals surface area contributed by atoms with E-state index in [2.05, 4.69) is 5.32 Å². The van der Waals surface area contributed by atoms with Gasteiger partial charge in [0.25, 0.3) is 5.69 Å². The van der Waals surface area contributed by atoms with Crippen molar-refractivity contribution >= 4 is 23.0 Å². The summed E-state index contributed by atoms with van der Waals surface area (Å²) in [6.07, 6.45) is 0. The van der Waals surface area contributed by atoms with Crippen LogP contribution in [0.4, 0.5) is 30.2 Å². The topological polar surface area (TPSA) is 78.7 Å². The van der Waals surface area contributed by atoms with E-state index in [0.717, 1.165) is 17.8 Å².